The third-order valence-electron chi connectivity index (χ3n) is 4.10. The highest BCUT2D eigenvalue weighted by Gasteiger charge is 2.28. The predicted octanol–water partition coefficient (Wildman–Crippen LogP) is 0.964. The molecule has 0 radical (unpaired) electrons. The number of rotatable bonds is 3. The van der Waals surface area contributed by atoms with Crippen molar-refractivity contribution in [1.29, 1.82) is 0 Å². The molecule has 0 aliphatic carbocycles. The lowest BCUT2D eigenvalue weighted by Gasteiger charge is -2.29. The molecule has 2 aliphatic heterocycles. The Bertz CT molecular complexity index is 485. The summed E-state index contributed by atoms with van der Waals surface area (Å²) < 4.78 is 0. The summed E-state index contributed by atoms with van der Waals surface area (Å²) in [6, 6.07) is 8.39. The van der Waals surface area contributed by atoms with Crippen molar-refractivity contribution in [3.8, 4) is 0 Å². The maximum Gasteiger partial charge on any atom is 0.324 e. The highest BCUT2D eigenvalue weighted by atomic mass is 16.2. The molecule has 5 nitrogen and oxygen atoms in total. The minimum Gasteiger partial charge on any atom is -0.326 e. The highest BCUT2D eigenvalue weighted by molar-refractivity contribution is 5.94. The fourth-order valence-corrected chi connectivity index (χ4v) is 2.89. The molecule has 108 valence electrons. The fraction of sp³-hybridized carbons (Fsp3) is 0.533. The molecule has 2 fully saturated rings. The Hall–Kier alpha value is -1.59. The number of benzene rings is 1. The number of urea groups is 1. The van der Waals surface area contributed by atoms with E-state index in [1.54, 1.807) is 4.90 Å². The zero-order chi connectivity index (χ0) is 13.9. The first-order chi connectivity index (χ1) is 9.75. The van der Waals surface area contributed by atoms with E-state index in [0.29, 0.717) is 0 Å². The van der Waals surface area contributed by atoms with Gasteiger partial charge in [-0.05, 0) is 11.6 Å². The van der Waals surface area contributed by atoms with Crippen LogP contribution in [-0.4, -0.2) is 62.1 Å². The summed E-state index contributed by atoms with van der Waals surface area (Å²) in [4.78, 5) is 18.3. The molecule has 0 aromatic heterocycles. The Kier molecular flexibility index (Phi) is 3.89. The van der Waals surface area contributed by atoms with Crippen molar-refractivity contribution in [1.82, 2.24) is 15.1 Å². The van der Waals surface area contributed by atoms with E-state index in [2.05, 4.69) is 28.4 Å². The van der Waals surface area contributed by atoms with Gasteiger partial charge in [-0.15, -0.1) is 0 Å². The molecule has 2 heterocycles. The second-order valence-corrected chi connectivity index (χ2v) is 5.51. The van der Waals surface area contributed by atoms with Crippen LogP contribution >= 0.6 is 0 Å². The van der Waals surface area contributed by atoms with Gasteiger partial charge in [0.15, 0.2) is 0 Å². The minimum atomic E-state index is 0.109. The number of carbonyl (C=O) groups excluding carboxylic acids is 1. The van der Waals surface area contributed by atoms with Crippen LogP contribution in [0.5, 0.6) is 0 Å². The largest absolute Gasteiger partial charge is 0.326 e. The molecule has 2 amide bonds. The summed E-state index contributed by atoms with van der Waals surface area (Å²) in [7, 11) is 1.86. The van der Waals surface area contributed by atoms with Gasteiger partial charge in [0.25, 0.3) is 0 Å². The molecule has 1 N–H and O–H groups in total. The van der Waals surface area contributed by atoms with Gasteiger partial charge in [0.1, 0.15) is 0 Å². The number of amides is 2. The Balaban J connectivity index is 1.79. The molecular weight excluding hydrogens is 252 g/mol. The van der Waals surface area contributed by atoms with Crippen molar-refractivity contribution in [3.63, 3.8) is 0 Å². The van der Waals surface area contributed by atoms with Crippen molar-refractivity contribution in [2.24, 2.45) is 0 Å². The van der Waals surface area contributed by atoms with Gasteiger partial charge in [0.2, 0.25) is 0 Å². The van der Waals surface area contributed by atoms with E-state index < -0.39 is 0 Å². The fourth-order valence-electron chi connectivity index (χ4n) is 2.89. The van der Waals surface area contributed by atoms with Gasteiger partial charge in [-0.25, -0.2) is 4.79 Å². The number of hydrogen-bond acceptors (Lipinski definition) is 3. The molecule has 3 rings (SSSR count). The molecule has 1 aromatic carbocycles. The second-order valence-electron chi connectivity index (χ2n) is 5.51. The number of carbonyl (C=O) groups is 1. The highest BCUT2D eigenvalue weighted by Crippen LogP contribution is 2.25. The summed E-state index contributed by atoms with van der Waals surface area (Å²) in [6.07, 6.45) is 0. The molecule has 0 atom stereocenters. The maximum absolute atomic E-state index is 12.2. The van der Waals surface area contributed by atoms with E-state index in [0.717, 1.165) is 51.5 Å². The molecule has 2 saturated heterocycles. The lowest BCUT2D eigenvalue weighted by molar-refractivity contribution is 0.228. The number of nitrogens with one attached hydrogen (secondary N) is 1. The van der Waals surface area contributed by atoms with E-state index >= 15 is 0 Å². The van der Waals surface area contributed by atoms with E-state index in [4.69, 9.17) is 0 Å². The molecule has 0 saturated carbocycles. The van der Waals surface area contributed by atoms with Gasteiger partial charge in [-0.3, -0.25) is 9.80 Å². The van der Waals surface area contributed by atoms with Gasteiger partial charge in [0.05, 0.1) is 0 Å². The summed E-state index contributed by atoms with van der Waals surface area (Å²) in [5, 5.41) is 3.37. The molecule has 1 aromatic rings. The Morgan fingerprint density at radius 3 is 2.55 bits per heavy atom. The monoisotopic (exact) mass is 274 g/mol. The van der Waals surface area contributed by atoms with E-state index in [-0.39, 0.29) is 6.03 Å². The maximum atomic E-state index is 12.2. The Labute approximate surface area is 120 Å². The summed E-state index contributed by atoms with van der Waals surface area (Å²) in [5.41, 5.74) is 2.32. The van der Waals surface area contributed by atoms with Gasteiger partial charge in [-0.2, -0.15) is 0 Å². The molecule has 2 aliphatic rings. The van der Waals surface area contributed by atoms with Crippen LogP contribution in [0.2, 0.25) is 0 Å². The number of para-hydroxylation sites is 1. The van der Waals surface area contributed by atoms with Crippen LogP contribution in [0.25, 0.3) is 0 Å². The number of anilines is 1. The SMILES string of the molecule is CN1CCN(c2ccccc2CN2CCNCC2)C1=O. The Morgan fingerprint density at radius 1 is 1.10 bits per heavy atom. The Morgan fingerprint density at radius 2 is 1.85 bits per heavy atom. The average Bonchev–Trinajstić information content (AvgIpc) is 2.81. The second kappa shape index (κ2) is 5.81. The van der Waals surface area contributed by atoms with Crippen LogP contribution in [0, 0.1) is 0 Å². The molecule has 5 heteroatoms. The van der Waals surface area contributed by atoms with E-state index in [1.165, 1.54) is 5.56 Å². The van der Waals surface area contributed by atoms with Crippen LogP contribution in [0.4, 0.5) is 10.5 Å². The molecule has 0 unspecified atom stereocenters. The van der Waals surface area contributed by atoms with Gasteiger partial charge >= 0.3 is 6.03 Å². The van der Waals surface area contributed by atoms with Gasteiger partial charge in [-0.1, -0.05) is 18.2 Å². The van der Waals surface area contributed by atoms with Gasteiger partial charge < -0.3 is 10.2 Å². The van der Waals surface area contributed by atoms with Crippen LogP contribution in [0.3, 0.4) is 0 Å². The van der Waals surface area contributed by atoms with Crippen LogP contribution < -0.4 is 10.2 Å². The average molecular weight is 274 g/mol. The van der Waals surface area contributed by atoms with Crippen LogP contribution in [0.1, 0.15) is 5.56 Å². The lowest BCUT2D eigenvalue weighted by Crippen LogP contribution is -2.43. The zero-order valence-corrected chi connectivity index (χ0v) is 12.0. The first kappa shape index (κ1) is 13.4. The summed E-state index contributed by atoms with van der Waals surface area (Å²) >= 11 is 0. The predicted molar refractivity (Wildman–Crippen MR) is 80.0 cm³/mol. The molecule has 20 heavy (non-hydrogen) atoms. The molecular formula is C15H22N4O. The van der Waals surface area contributed by atoms with Crippen molar-refractivity contribution < 1.29 is 4.79 Å². The van der Waals surface area contributed by atoms with Crippen molar-refractivity contribution in [2.45, 2.75) is 6.54 Å². The first-order valence-corrected chi connectivity index (χ1v) is 7.29. The van der Waals surface area contributed by atoms with Gasteiger partial charge in [0, 0.05) is 58.5 Å². The number of likely N-dealkylation sites (N-methyl/N-ethyl adjacent to an activating group) is 1. The standard InChI is InChI=1S/C15H22N4O/c1-17-10-11-19(15(17)20)14-5-3-2-4-13(14)12-18-8-6-16-7-9-18/h2-5,16H,6-12H2,1H3. The van der Waals surface area contributed by atoms with Crippen LogP contribution in [0.15, 0.2) is 24.3 Å². The lowest BCUT2D eigenvalue weighted by atomic mass is 10.1. The summed E-state index contributed by atoms with van der Waals surface area (Å²) in [5.74, 6) is 0. The minimum absolute atomic E-state index is 0.109. The topological polar surface area (TPSA) is 38.8 Å². The molecule has 0 spiro atoms. The van der Waals surface area contributed by atoms with Crippen molar-refractivity contribution in [2.75, 3.05) is 51.2 Å². The number of piperazine rings is 1. The van der Waals surface area contributed by atoms with E-state index in [1.807, 2.05) is 18.0 Å². The molecule has 0 bridgehead atoms. The number of hydrogen-bond donors (Lipinski definition) is 1. The quantitative estimate of drug-likeness (QED) is 0.892. The third-order valence-corrected chi connectivity index (χ3v) is 4.10. The van der Waals surface area contributed by atoms with E-state index in [9.17, 15) is 4.79 Å². The summed E-state index contributed by atoms with van der Waals surface area (Å²) in [6.45, 7) is 6.76. The third kappa shape index (κ3) is 2.64. The first-order valence-electron chi connectivity index (χ1n) is 7.29. The normalized spacial score (nSPS) is 20.8. The van der Waals surface area contributed by atoms with Crippen molar-refractivity contribution >= 4 is 11.7 Å². The smallest absolute Gasteiger partial charge is 0.324 e. The van der Waals surface area contributed by atoms with Crippen LogP contribution in [-0.2, 0) is 6.54 Å². The van der Waals surface area contributed by atoms with Crippen molar-refractivity contribution in [3.05, 3.63) is 29.8 Å². The number of nitrogens with zero attached hydrogens (tertiary/aromatic N) is 3. The zero-order valence-electron chi connectivity index (χ0n) is 12.0.